The van der Waals surface area contributed by atoms with Crippen LogP contribution < -0.4 is 10.2 Å². The summed E-state index contributed by atoms with van der Waals surface area (Å²) >= 11 is 12.2. The van der Waals surface area contributed by atoms with Crippen LogP contribution in [0.4, 0.5) is 5.69 Å². The van der Waals surface area contributed by atoms with Crippen molar-refractivity contribution < 1.29 is 4.52 Å². The predicted octanol–water partition coefficient (Wildman–Crippen LogP) is 4.56. The van der Waals surface area contributed by atoms with Crippen LogP contribution in [0.1, 0.15) is 25.7 Å². The molecule has 4 nitrogen and oxygen atoms in total. The summed E-state index contributed by atoms with van der Waals surface area (Å²) in [6.07, 6.45) is 4.46. The number of hydrogen-bond donors (Lipinski definition) is 1. The maximum absolute atomic E-state index is 6.30. The van der Waals surface area contributed by atoms with Gasteiger partial charge in [0.25, 0.3) is 0 Å². The quantitative estimate of drug-likeness (QED) is 0.582. The van der Waals surface area contributed by atoms with Crippen molar-refractivity contribution in [3.63, 3.8) is 0 Å². The van der Waals surface area contributed by atoms with E-state index in [-0.39, 0.29) is 0 Å². The van der Waals surface area contributed by atoms with E-state index in [0.29, 0.717) is 12.5 Å². The summed E-state index contributed by atoms with van der Waals surface area (Å²) in [7, 11) is 0. The molecule has 1 aromatic carbocycles. The van der Waals surface area contributed by atoms with Gasteiger partial charge in [-0.1, -0.05) is 24.3 Å². The lowest BCUT2D eigenvalue weighted by molar-refractivity contribution is 0.377. The number of nitrogens with zero attached hydrogens (tertiary/aromatic N) is 2. The van der Waals surface area contributed by atoms with E-state index in [1.165, 1.54) is 23.9 Å². The lowest BCUT2D eigenvalue weighted by atomic mass is 10.1. The van der Waals surface area contributed by atoms with Gasteiger partial charge in [0.15, 0.2) is 0 Å². The molecule has 0 amide bonds. The third kappa shape index (κ3) is 3.12. The fourth-order valence-corrected chi connectivity index (χ4v) is 7.69. The minimum absolute atomic E-state index is 0.451. The molecule has 0 unspecified atom stereocenters. The molecule has 7 heteroatoms. The molecular formula is C18H23ClN3OPS. The van der Waals surface area contributed by atoms with E-state index in [1.807, 2.05) is 18.2 Å². The number of fused-ring (bicyclic) bond motifs is 1. The molecule has 2 fully saturated rings. The molecule has 0 radical (unpaired) electrons. The Morgan fingerprint density at radius 2 is 1.96 bits per heavy atom. The normalized spacial score (nSPS) is 25.9. The van der Waals surface area contributed by atoms with Gasteiger partial charge in [-0.25, -0.2) is 4.78 Å². The Labute approximate surface area is 159 Å². The summed E-state index contributed by atoms with van der Waals surface area (Å²) in [5.41, 5.74) is 7.12. The molecule has 2 heterocycles. The number of benzene rings is 1. The number of nitrogens with one attached hydrogen (secondary N) is 1. The molecule has 0 spiro atoms. The summed E-state index contributed by atoms with van der Waals surface area (Å²) in [5.74, 6) is 0.451. The minimum Gasteiger partial charge on any atom is -0.374 e. The van der Waals surface area contributed by atoms with E-state index >= 15 is 0 Å². The van der Waals surface area contributed by atoms with Crippen molar-refractivity contribution in [3.8, 4) is 0 Å². The maximum atomic E-state index is 6.30. The number of likely N-dealkylation sites (tertiary alicyclic amines) is 1. The Kier molecular flexibility index (Phi) is 5.10. The standard InChI is InChI=1S/C18H23ClN3OPS/c19-11-14-23-24(25)18-16(20-22(24)15-7-2-1-3-8-15)9-6-10-17(18)21-12-4-5-13-21/h1-3,7-9,20H,4-6,10-14H2/t24-/m1/s1. The Morgan fingerprint density at radius 1 is 1.20 bits per heavy atom. The van der Waals surface area contributed by atoms with Gasteiger partial charge in [-0.2, -0.15) is 0 Å². The predicted molar refractivity (Wildman–Crippen MR) is 108 cm³/mol. The van der Waals surface area contributed by atoms with Gasteiger partial charge in [-0.05, 0) is 49.6 Å². The van der Waals surface area contributed by atoms with Crippen molar-refractivity contribution in [2.24, 2.45) is 0 Å². The monoisotopic (exact) mass is 395 g/mol. The van der Waals surface area contributed by atoms with Crippen molar-refractivity contribution >= 4 is 35.5 Å². The van der Waals surface area contributed by atoms with Crippen LogP contribution in [-0.2, 0) is 16.3 Å². The van der Waals surface area contributed by atoms with Crippen molar-refractivity contribution in [3.05, 3.63) is 53.1 Å². The summed E-state index contributed by atoms with van der Waals surface area (Å²) < 4.78 is 8.38. The van der Waals surface area contributed by atoms with Crippen LogP contribution in [0, 0.1) is 0 Å². The first kappa shape index (κ1) is 17.4. The number of hydrogen-bond acceptors (Lipinski definition) is 4. The number of hydrazine groups is 1. The van der Waals surface area contributed by atoms with Crippen LogP contribution in [0.15, 0.2) is 53.1 Å². The Hall–Kier alpha value is -1.00. The van der Waals surface area contributed by atoms with Crippen molar-refractivity contribution in [2.75, 3.05) is 30.4 Å². The Bertz CT molecular complexity index is 746. The average Bonchev–Trinajstić information content (AvgIpc) is 3.28. The summed E-state index contributed by atoms with van der Waals surface area (Å²) in [4.78, 5) is 2.52. The van der Waals surface area contributed by atoms with Gasteiger partial charge >= 0.3 is 0 Å². The molecule has 0 bridgehead atoms. The Balaban J connectivity index is 1.81. The zero-order valence-electron chi connectivity index (χ0n) is 14.2. The van der Waals surface area contributed by atoms with Crippen LogP contribution in [0.2, 0.25) is 0 Å². The topological polar surface area (TPSA) is 27.7 Å². The van der Waals surface area contributed by atoms with Crippen LogP contribution in [0.3, 0.4) is 0 Å². The van der Waals surface area contributed by atoms with Gasteiger partial charge in [0.2, 0.25) is 6.42 Å². The molecule has 134 valence electrons. The SMILES string of the molecule is S=[P@]1(OCCCl)C2=C(N3CCCC3)CCC=C2NN1c1ccccc1. The molecule has 2 saturated heterocycles. The molecule has 0 saturated carbocycles. The second-order valence-corrected chi connectivity index (χ2v) is 10.5. The lowest BCUT2D eigenvalue weighted by Crippen LogP contribution is -2.27. The van der Waals surface area contributed by atoms with E-state index in [0.717, 1.165) is 37.3 Å². The van der Waals surface area contributed by atoms with Gasteiger partial charge in [-0.15, -0.1) is 11.6 Å². The molecule has 1 N–H and O–H groups in total. The van der Waals surface area contributed by atoms with Crippen molar-refractivity contribution in [1.82, 2.24) is 10.3 Å². The highest BCUT2D eigenvalue weighted by molar-refractivity contribution is 8.15. The first-order valence-corrected chi connectivity index (χ1v) is 12.1. The highest BCUT2D eigenvalue weighted by Gasteiger charge is 2.45. The van der Waals surface area contributed by atoms with E-state index in [2.05, 4.69) is 33.3 Å². The minimum atomic E-state index is -2.42. The highest BCUT2D eigenvalue weighted by Crippen LogP contribution is 2.67. The fourth-order valence-electron chi connectivity index (χ4n) is 3.78. The number of anilines is 1. The van der Waals surface area contributed by atoms with Crippen LogP contribution in [-0.4, -0.2) is 30.5 Å². The summed E-state index contributed by atoms with van der Waals surface area (Å²) in [5, 5.41) is 1.21. The Morgan fingerprint density at radius 3 is 2.68 bits per heavy atom. The largest absolute Gasteiger partial charge is 0.374 e. The molecule has 1 atom stereocenters. The zero-order chi connectivity index (χ0) is 17.3. The van der Waals surface area contributed by atoms with Crippen LogP contribution in [0.5, 0.6) is 0 Å². The number of halogens is 1. The van der Waals surface area contributed by atoms with E-state index in [4.69, 9.17) is 27.9 Å². The molecule has 4 rings (SSSR count). The van der Waals surface area contributed by atoms with Crippen molar-refractivity contribution in [1.29, 1.82) is 0 Å². The third-order valence-electron chi connectivity index (χ3n) is 4.86. The van der Waals surface area contributed by atoms with Crippen LogP contribution in [0.25, 0.3) is 0 Å². The second-order valence-electron chi connectivity index (χ2n) is 6.45. The third-order valence-corrected chi connectivity index (χ3v) is 8.82. The number of rotatable bonds is 5. The molecule has 25 heavy (non-hydrogen) atoms. The molecule has 0 aromatic heterocycles. The molecule has 1 aromatic rings. The molecular weight excluding hydrogens is 373 g/mol. The molecule has 1 aliphatic carbocycles. The highest BCUT2D eigenvalue weighted by atomic mass is 35.5. The summed E-state index contributed by atoms with van der Waals surface area (Å²) in [6, 6.07) is 10.2. The van der Waals surface area contributed by atoms with E-state index in [9.17, 15) is 0 Å². The van der Waals surface area contributed by atoms with Gasteiger partial charge in [0, 0.05) is 24.7 Å². The zero-order valence-corrected chi connectivity index (χ0v) is 16.6. The van der Waals surface area contributed by atoms with Crippen molar-refractivity contribution in [2.45, 2.75) is 25.7 Å². The van der Waals surface area contributed by atoms with Gasteiger partial charge < -0.3 is 9.42 Å². The van der Waals surface area contributed by atoms with Gasteiger partial charge in [0.1, 0.15) is 0 Å². The first-order chi connectivity index (χ1) is 12.2. The van der Waals surface area contributed by atoms with E-state index < -0.39 is 6.42 Å². The summed E-state index contributed by atoms with van der Waals surface area (Å²) in [6.45, 7) is 2.72. The number of allylic oxidation sites excluding steroid dienone is 3. The lowest BCUT2D eigenvalue weighted by Gasteiger charge is -2.32. The average molecular weight is 396 g/mol. The number of para-hydroxylation sites is 1. The smallest absolute Gasteiger partial charge is 0.208 e. The first-order valence-electron chi connectivity index (χ1n) is 8.86. The second kappa shape index (κ2) is 7.32. The number of alkyl halides is 1. The van der Waals surface area contributed by atoms with E-state index in [1.54, 1.807) is 0 Å². The molecule has 2 aliphatic heterocycles. The molecule has 3 aliphatic rings. The van der Waals surface area contributed by atoms with Crippen LogP contribution >= 0.6 is 18.0 Å². The van der Waals surface area contributed by atoms with Gasteiger partial charge in [0.05, 0.1) is 23.3 Å². The fraction of sp³-hybridized carbons (Fsp3) is 0.444. The maximum Gasteiger partial charge on any atom is 0.208 e. The van der Waals surface area contributed by atoms with Gasteiger partial charge in [-0.3, -0.25) is 5.43 Å².